The predicted octanol–water partition coefficient (Wildman–Crippen LogP) is 2.52. The lowest BCUT2D eigenvalue weighted by molar-refractivity contribution is -0.132. The van der Waals surface area contributed by atoms with Crippen LogP contribution >= 0.6 is 11.3 Å². The number of aromatic nitrogens is 2. The number of hydrogen-bond acceptors (Lipinski definition) is 4. The normalized spacial score (nSPS) is 20.2. The van der Waals surface area contributed by atoms with Crippen LogP contribution < -0.4 is 5.32 Å². The van der Waals surface area contributed by atoms with Gasteiger partial charge in [-0.15, -0.1) is 11.3 Å². The second-order valence-electron chi connectivity index (χ2n) is 5.90. The minimum atomic E-state index is -0.809. The van der Waals surface area contributed by atoms with Crippen LogP contribution in [0.1, 0.15) is 35.5 Å². The van der Waals surface area contributed by atoms with Crippen molar-refractivity contribution in [2.45, 2.75) is 39.3 Å². The monoisotopic (exact) mass is 332 g/mol. The Morgan fingerprint density at radius 2 is 2.22 bits per heavy atom. The van der Waals surface area contributed by atoms with E-state index in [0.29, 0.717) is 30.2 Å². The van der Waals surface area contributed by atoms with Crippen molar-refractivity contribution in [3.8, 4) is 0 Å². The molecule has 2 aromatic rings. The maximum Gasteiger partial charge on any atom is 0.265 e. The highest BCUT2D eigenvalue weighted by Crippen LogP contribution is 2.34. The van der Waals surface area contributed by atoms with Crippen molar-refractivity contribution in [1.82, 2.24) is 14.7 Å². The molecule has 0 aromatic carbocycles. The smallest absolute Gasteiger partial charge is 0.265 e. The molecule has 23 heavy (non-hydrogen) atoms. The molecule has 2 aromatic heterocycles. The number of carbonyl (C=O) groups excluding carboxylic acids is 2. The van der Waals surface area contributed by atoms with Crippen LogP contribution in [-0.2, 0) is 11.3 Å². The Morgan fingerprint density at radius 3 is 2.78 bits per heavy atom. The van der Waals surface area contributed by atoms with Crippen molar-refractivity contribution >= 4 is 29.0 Å². The summed E-state index contributed by atoms with van der Waals surface area (Å²) in [5.74, 6) is 0.428. The van der Waals surface area contributed by atoms with E-state index >= 15 is 0 Å². The van der Waals surface area contributed by atoms with Gasteiger partial charge in [-0.1, -0.05) is 0 Å². The summed E-state index contributed by atoms with van der Waals surface area (Å²) >= 11 is 1.42. The van der Waals surface area contributed by atoms with Gasteiger partial charge in [-0.3, -0.25) is 9.59 Å². The van der Waals surface area contributed by atoms with E-state index < -0.39 is 5.54 Å². The van der Waals surface area contributed by atoms with Crippen molar-refractivity contribution in [1.29, 1.82) is 0 Å². The number of amides is 2. The zero-order valence-electron chi connectivity index (χ0n) is 13.5. The molecule has 122 valence electrons. The molecule has 6 nitrogen and oxygen atoms in total. The summed E-state index contributed by atoms with van der Waals surface area (Å²) in [7, 11) is 0. The molecule has 0 aliphatic carbocycles. The number of nitrogens with one attached hydrogen (secondary N) is 1. The first-order valence-corrected chi connectivity index (χ1v) is 8.54. The molecular formula is C16H20N4O2S. The van der Waals surface area contributed by atoms with Gasteiger partial charge in [-0.25, -0.2) is 4.68 Å². The number of anilines is 1. The molecule has 1 aliphatic heterocycles. The summed E-state index contributed by atoms with van der Waals surface area (Å²) in [6.07, 6.45) is 2.31. The number of nitrogens with zero attached hydrogens (tertiary/aromatic N) is 3. The lowest BCUT2D eigenvalue weighted by Crippen LogP contribution is -2.66. The molecule has 2 amide bonds. The summed E-state index contributed by atoms with van der Waals surface area (Å²) in [6.45, 7) is 6.98. The average Bonchev–Trinajstić information content (AvgIpc) is 3.13. The van der Waals surface area contributed by atoms with Gasteiger partial charge in [0.25, 0.3) is 11.8 Å². The lowest BCUT2D eigenvalue weighted by Gasteiger charge is -2.48. The number of hydrogen-bond donors (Lipinski definition) is 1. The Balaban J connectivity index is 1.77. The van der Waals surface area contributed by atoms with Crippen molar-refractivity contribution < 1.29 is 9.59 Å². The van der Waals surface area contributed by atoms with Crippen molar-refractivity contribution in [2.24, 2.45) is 0 Å². The largest absolute Gasteiger partial charge is 0.323 e. The highest BCUT2D eigenvalue weighted by atomic mass is 32.1. The number of aryl methyl sites for hydroxylation is 2. The van der Waals surface area contributed by atoms with Crippen LogP contribution in [0.15, 0.2) is 23.7 Å². The molecule has 1 atom stereocenters. The first kappa shape index (κ1) is 15.7. The topological polar surface area (TPSA) is 67.2 Å². The summed E-state index contributed by atoms with van der Waals surface area (Å²) in [6, 6.07) is 3.69. The average molecular weight is 332 g/mol. The Bertz CT molecular complexity index is 751. The van der Waals surface area contributed by atoms with Crippen LogP contribution in [0, 0.1) is 6.92 Å². The SMILES string of the molecule is CCn1nccc1NC(=O)C1(C)CCN1C(=O)c1sccc1C. The van der Waals surface area contributed by atoms with E-state index in [9.17, 15) is 9.59 Å². The fraction of sp³-hybridized carbons (Fsp3) is 0.438. The fourth-order valence-electron chi connectivity index (χ4n) is 2.78. The summed E-state index contributed by atoms with van der Waals surface area (Å²) in [4.78, 5) is 27.8. The first-order valence-electron chi connectivity index (χ1n) is 7.66. The Hall–Kier alpha value is -2.15. The van der Waals surface area contributed by atoms with Crippen LogP contribution in [-0.4, -0.2) is 38.6 Å². The maximum absolute atomic E-state index is 12.7. The van der Waals surface area contributed by atoms with E-state index in [4.69, 9.17) is 0 Å². The number of rotatable bonds is 4. The van der Waals surface area contributed by atoms with E-state index in [1.165, 1.54) is 11.3 Å². The van der Waals surface area contributed by atoms with Gasteiger partial charge in [-0.2, -0.15) is 5.10 Å². The molecule has 3 rings (SSSR count). The molecule has 3 heterocycles. The lowest BCUT2D eigenvalue weighted by atomic mass is 9.85. The minimum absolute atomic E-state index is 0.0644. The number of carbonyl (C=O) groups is 2. The van der Waals surface area contributed by atoms with Gasteiger partial charge in [0.1, 0.15) is 11.4 Å². The van der Waals surface area contributed by atoms with Gasteiger partial charge in [0.2, 0.25) is 0 Å². The molecule has 1 unspecified atom stereocenters. The molecule has 0 bridgehead atoms. The van der Waals surface area contributed by atoms with Crippen LogP contribution in [0.2, 0.25) is 0 Å². The second kappa shape index (κ2) is 5.81. The van der Waals surface area contributed by atoms with E-state index in [-0.39, 0.29) is 11.8 Å². The minimum Gasteiger partial charge on any atom is -0.323 e. The van der Waals surface area contributed by atoms with Crippen LogP contribution in [0.4, 0.5) is 5.82 Å². The molecule has 1 aliphatic rings. The van der Waals surface area contributed by atoms with Crippen LogP contribution in [0.3, 0.4) is 0 Å². The molecule has 0 radical (unpaired) electrons. The van der Waals surface area contributed by atoms with Gasteiger partial charge in [0, 0.05) is 19.2 Å². The Labute approximate surface area is 139 Å². The summed E-state index contributed by atoms with van der Waals surface area (Å²) in [5, 5.41) is 8.95. The first-order chi connectivity index (χ1) is 11.0. The predicted molar refractivity (Wildman–Crippen MR) is 89.6 cm³/mol. The van der Waals surface area contributed by atoms with Gasteiger partial charge in [-0.05, 0) is 44.2 Å². The molecular weight excluding hydrogens is 312 g/mol. The van der Waals surface area contributed by atoms with Crippen LogP contribution in [0.5, 0.6) is 0 Å². The second-order valence-corrected chi connectivity index (χ2v) is 6.82. The Morgan fingerprint density at radius 1 is 1.43 bits per heavy atom. The van der Waals surface area contributed by atoms with E-state index in [1.54, 1.807) is 21.8 Å². The zero-order valence-corrected chi connectivity index (χ0v) is 14.3. The van der Waals surface area contributed by atoms with Crippen molar-refractivity contribution in [3.05, 3.63) is 34.2 Å². The van der Waals surface area contributed by atoms with Gasteiger partial charge < -0.3 is 10.2 Å². The third kappa shape index (κ3) is 2.55. The molecule has 7 heteroatoms. The summed E-state index contributed by atoms with van der Waals surface area (Å²) in [5.41, 5.74) is 0.148. The highest BCUT2D eigenvalue weighted by molar-refractivity contribution is 7.12. The molecule has 0 spiro atoms. The third-order valence-electron chi connectivity index (χ3n) is 4.47. The molecule has 1 N–H and O–H groups in total. The molecule has 1 saturated heterocycles. The Kier molecular flexibility index (Phi) is 3.97. The third-order valence-corrected chi connectivity index (χ3v) is 5.47. The van der Waals surface area contributed by atoms with Gasteiger partial charge in [0.05, 0.1) is 11.1 Å². The van der Waals surface area contributed by atoms with E-state index in [0.717, 1.165) is 5.56 Å². The number of likely N-dealkylation sites (tertiary alicyclic amines) is 1. The van der Waals surface area contributed by atoms with E-state index in [1.807, 2.05) is 32.2 Å². The zero-order chi connectivity index (χ0) is 16.6. The molecule has 1 fully saturated rings. The fourth-order valence-corrected chi connectivity index (χ4v) is 3.65. The quantitative estimate of drug-likeness (QED) is 0.935. The molecule has 0 saturated carbocycles. The van der Waals surface area contributed by atoms with Crippen molar-refractivity contribution in [3.63, 3.8) is 0 Å². The standard InChI is InChI=1S/C16H20N4O2S/c1-4-20-12(5-8-17-20)18-15(22)16(3)7-9-19(16)14(21)13-11(2)6-10-23-13/h5-6,8,10H,4,7,9H2,1-3H3,(H,18,22). The van der Waals surface area contributed by atoms with Gasteiger partial charge >= 0.3 is 0 Å². The van der Waals surface area contributed by atoms with E-state index in [2.05, 4.69) is 10.4 Å². The van der Waals surface area contributed by atoms with Gasteiger partial charge in [0.15, 0.2) is 0 Å². The highest BCUT2D eigenvalue weighted by Gasteiger charge is 2.50. The van der Waals surface area contributed by atoms with Crippen molar-refractivity contribution in [2.75, 3.05) is 11.9 Å². The van der Waals surface area contributed by atoms with Crippen LogP contribution in [0.25, 0.3) is 0 Å². The summed E-state index contributed by atoms with van der Waals surface area (Å²) < 4.78 is 1.72. The maximum atomic E-state index is 12.7. The number of thiophene rings is 1.